The second kappa shape index (κ2) is 10.8. The number of anilines is 1. The molecule has 186 valence electrons. The Labute approximate surface area is 212 Å². The molecule has 7 heteroatoms. The fourth-order valence-electron chi connectivity index (χ4n) is 4.25. The molecule has 1 aromatic carbocycles. The largest absolute Gasteiger partial charge is 0.496 e. The smallest absolute Gasteiger partial charge is 0.189 e. The molecule has 0 aliphatic rings. The highest BCUT2D eigenvalue weighted by Gasteiger charge is 2.25. The van der Waals surface area contributed by atoms with Gasteiger partial charge in [0.1, 0.15) is 5.75 Å². The van der Waals surface area contributed by atoms with Crippen LogP contribution in [-0.4, -0.2) is 40.0 Å². The highest BCUT2D eigenvalue weighted by Crippen LogP contribution is 2.30. The Bertz CT molecular complexity index is 1310. The molecule has 0 saturated heterocycles. The molecule has 0 bridgehead atoms. The van der Waals surface area contributed by atoms with Gasteiger partial charge in [-0.15, -0.1) is 21.5 Å². The Morgan fingerprint density at radius 1 is 1.00 bits per heavy atom. The third kappa shape index (κ3) is 5.35. The number of para-hydroxylation sites is 1. The van der Waals surface area contributed by atoms with Crippen LogP contribution in [0.15, 0.2) is 36.4 Å². The summed E-state index contributed by atoms with van der Waals surface area (Å²) in [4.78, 5) is 3.75. The van der Waals surface area contributed by atoms with Gasteiger partial charge in [0, 0.05) is 28.6 Å². The van der Waals surface area contributed by atoms with Gasteiger partial charge >= 0.3 is 0 Å². The van der Waals surface area contributed by atoms with Crippen LogP contribution in [0.4, 0.5) is 5.00 Å². The molecule has 0 amide bonds. The van der Waals surface area contributed by atoms with Crippen molar-refractivity contribution >= 4 is 28.1 Å². The number of hydrogen-bond acceptors (Lipinski definition) is 6. The first kappa shape index (κ1) is 25.2. The minimum absolute atomic E-state index is 0.140. The molecule has 0 aliphatic carbocycles. The predicted octanol–water partition coefficient (Wildman–Crippen LogP) is 6.11. The maximum absolute atomic E-state index is 5.58. The highest BCUT2D eigenvalue weighted by atomic mass is 32.1. The Morgan fingerprint density at radius 3 is 2.37 bits per heavy atom. The summed E-state index contributed by atoms with van der Waals surface area (Å²) in [5.41, 5.74) is 2.54. The monoisotopic (exact) mass is 491 g/mol. The summed E-state index contributed by atoms with van der Waals surface area (Å²) in [5, 5.41) is 16.5. The van der Waals surface area contributed by atoms with Crippen molar-refractivity contribution in [1.29, 1.82) is 0 Å². The van der Waals surface area contributed by atoms with E-state index in [4.69, 9.17) is 9.84 Å². The SMILES string of the molecule is CCCCN(CCCC)c1ccc(/C=c2/c(C(C)(C)C)nn3c(-c4ccccc4OC)nnc23)s1. The molecule has 0 atom stereocenters. The third-order valence-corrected chi connectivity index (χ3v) is 7.26. The van der Waals surface area contributed by atoms with Crippen LogP contribution in [-0.2, 0) is 5.41 Å². The molecular weight excluding hydrogens is 454 g/mol. The van der Waals surface area contributed by atoms with Crippen molar-refractivity contribution in [2.75, 3.05) is 25.1 Å². The van der Waals surface area contributed by atoms with Crippen LogP contribution in [0.2, 0.25) is 0 Å². The minimum Gasteiger partial charge on any atom is -0.496 e. The standard InChI is InChI=1S/C28H37N5OS/c1-7-9-17-32(18-10-8-2)24-16-15-20(35-24)19-22-25(28(3,4)5)31-33-26(29-30-27(22)33)21-13-11-12-14-23(21)34-6/h11-16,19H,7-10,17-18H2,1-6H3/b22-19-. The number of aromatic nitrogens is 4. The van der Waals surface area contributed by atoms with Crippen molar-refractivity contribution in [2.24, 2.45) is 0 Å². The Morgan fingerprint density at radius 2 is 1.71 bits per heavy atom. The molecule has 0 radical (unpaired) electrons. The molecule has 0 spiro atoms. The van der Waals surface area contributed by atoms with Gasteiger partial charge < -0.3 is 9.64 Å². The van der Waals surface area contributed by atoms with Gasteiger partial charge in [0.15, 0.2) is 11.5 Å². The van der Waals surface area contributed by atoms with Crippen molar-refractivity contribution < 1.29 is 4.74 Å². The number of benzene rings is 1. The summed E-state index contributed by atoms with van der Waals surface area (Å²) in [7, 11) is 1.67. The van der Waals surface area contributed by atoms with E-state index in [1.807, 2.05) is 40.1 Å². The quantitative estimate of drug-likeness (QED) is 0.268. The lowest BCUT2D eigenvalue weighted by molar-refractivity contribution is 0.416. The summed E-state index contributed by atoms with van der Waals surface area (Å²) < 4.78 is 7.45. The zero-order valence-electron chi connectivity index (χ0n) is 21.8. The normalized spacial score (nSPS) is 12.6. The Hall–Kier alpha value is -2.93. The van der Waals surface area contributed by atoms with Crippen LogP contribution in [0, 0.1) is 0 Å². The molecule has 0 fully saturated rings. The average molecular weight is 492 g/mol. The fraction of sp³-hybridized carbons (Fsp3) is 0.464. The van der Waals surface area contributed by atoms with Crippen LogP contribution in [0.5, 0.6) is 5.75 Å². The Balaban J connectivity index is 1.80. The van der Waals surface area contributed by atoms with Crippen LogP contribution in [0.25, 0.3) is 23.1 Å². The molecule has 6 nitrogen and oxygen atoms in total. The van der Waals surface area contributed by atoms with Crippen LogP contribution < -0.4 is 14.9 Å². The van der Waals surface area contributed by atoms with E-state index >= 15 is 0 Å². The van der Waals surface area contributed by atoms with Gasteiger partial charge in [0.25, 0.3) is 0 Å². The molecule has 4 aromatic rings. The zero-order valence-corrected chi connectivity index (χ0v) is 22.7. The number of methoxy groups -OCH3 is 1. The van der Waals surface area contributed by atoms with Gasteiger partial charge in [-0.25, -0.2) is 0 Å². The highest BCUT2D eigenvalue weighted by molar-refractivity contribution is 7.16. The van der Waals surface area contributed by atoms with Crippen LogP contribution in [0.3, 0.4) is 0 Å². The lowest BCUT2D eigenvalue weighted by Gasteiger charge is -2.22. The first-order valence-corrected chi connectivity index (χ1v) is 13.4. The van der Waals surface area contributed by atoms with E-state index in [-0.39, 0.29) is 5.41 Å². The summed E-state index contributed by atoms with van der Waals surface area (Å²) in [6.07, 6.45) is 7.08. The van der Waals surface area contributed by atoms with E-state index in [9.17, 15) is 0 Å². The molecule has 4 rings (SSSR count). The van der Waals surface area contributed by atoms with Crippen molar-refractivity contribution in [2.45, 2.75) is 65.7 Å². The molecular formula is C28H37N5OS. The first-order valence-electron chi connectivity index (χ1n) is 12.6. The van der Waals surface area contributed by atoms with Gasteiger partial charge in [-0.3, -0.25) is 0 Å². The molecule has 0 aliphatic heterocycles. The van der Waals surface area contributed by atoms with E-state index < -0.39 is 0 Å². The van der Waals surface area contributed by atoms with Gasteiger partial charge in [-0.05, 0) is 43.2 Å². The number of nitrogens with zero attached hydrogens (tertiary/aromatic N) is 5. The van der Waals surface area contributed by atoms with E-state index in [1.165, 1.54) is 35.6 Å². The number of ether oxygens (including phenoxy) is 1. The summed E-state index contributed by atoms with van der Waals surface area (Å²) >= 11 is 1.84. The van der Waals surface area contributed by atoms with Crippen molar-refractivity contribution in [1.82, 2.24) is 19.8 Å². The molecule has 35 heavy (non-hydrogen) atoms. The van der Waals surface area contributed by atoms with Crippen molar-refractivity contribution in [3.05, 3.63) is 52.2 Å². The topological polar surface area (TPSA) is 55.6 Å². The zero-order chi connectivity index (χ0) is 25.0. The molecule has 0 saturated carbocycles. The van der Waals surface area contributed by atoms with E-state index in [2.05, 4.69) is 67.9 Å². The summed E-state index contributed by atoms with van der Waals surface area (Å²) in [6, 6.07) is 12.4. The number of unbranched alkanes of at least 4 members (excludes halogenated alkanes) is 2. The van der Waals surface area contributed by atoms with Crippen LogP contribution in [0.1, 0.15) is 70.9 Å². The second-order valence-corrected chi connectivity index (χ2v) is 11.1. The molecule has 3 heterocycles. The maximum atomic E-state index is 5.58. The van der Waals surface area contributed by atoms with Crippen LogP contribution >= 0.6 is 11.3 Å². The minimum atomic E-state index is -0.140. The maximum Gasteiger partial charge on any atom is 0.189 e. The molecule has 0 N–H and O–H groups in total. The van der Waals surface area contributed by atoms with E-state index in [0.717, 1.165) is 41.0 Å². The van der Waals surface area contributed by atoms with Gasteiger partial charge in [0.05, 0.1) is 23.4 Å². The van der Waals surface area contributed by atoms with E-state index in [0.29, 0.717) is 5.82 Å². The first-order chi connectivity index (χ1) is 16.9. The third-order valence-electron chi connectivity index (χ3n) is 6.17. The van der Waals surface area contributed by atoms with Gasteiger partial charge in [-0.2, -0.15) is 9.61 Å². The van der Waals surface area contributed by atoms with Crippen molar-refractivity contribution in [3.8, 4) is 17.1 Å². The average Bonchev–Trinajstić information content (AvgIpc) is 3.55. The summed E-state index contributed by atoms with van der Waals surface area (Å²) in [6.45, 7) is 13.3. The summed E-state index contributed by atoms with van der Waals surface area (Å²) in [5.74, 6) is 1.45. The lowest BCUT2D eigenvalue weighted by atomic mass is 9.91. The number of fused-ring (bicyclic) bond motifs is 1. The number of rotatable bonds is 10. The lowest BCUT2D eigenvalue weighted by Crippen LogP contribution is -2.24. The predicted molar refractivity (Wildman–Crippen MR) is 147 cm³/mol. The Kier molecular flexibility index (Phi) is 7.75. The van der Waals surface area contributed by atoms with Gasteiger partial charge in [0.2, 0.25) is 0 Å². The van der Waals surface area contributed by atoms with Gasteiger partial charge in [-0.1, -0.05) is 59.6 Å². The van der Waals surface area contributed by atoms with E-state index in [1.54, 1.807) is 7.11 Å². The fourth-order valence-corrected chi connectivity index (χ4v) is 5.25. The number of hydrogen-bond donors (Lipinski definition) is 0. The molecule has 0 unspecified atom stereocenters. The number of thiophene rings is 1. The second-order valence-electron chi connectivity index (χ2n) is 9.99. The van der Waals surface area contributed by atoms with Crippen molar-refractivity contribution in [3.63, 3.8) is 0 Å². The molecule has 3 aromatic heterocycles.